The van der Waals surface area contributed by atoms with Gasteiger partial charge in [0.25, 0.3) is 0 Å². The molecule has 0 radical (unpaired) electrons. The summed E-state index contributed by atoms with van der Waals surface area (Å²) < 4.78 is 0. The van der Waals surface area contributed by atoms with E-state index in [0.717, 1.165) is 25.1 Å². The lowest BCUT2D eigenvalue weighted by Crippen LogP contribution is -2.26. The second-order valence-electron chi connectivity index (χ2n) is 7.61. The van der Waals surface area contributed by atoms with E-state index in [0.29, 0.717) is 6.42 Å². The van der Waals surface area contributed by atoms with Crippen LogP contribution < -0.4 is 0 Å². The molecule has 1 atom stereocenters. The van der Waals surface area contributed by atoms with Crippen LogP contribution in [0.4, 0.5) is 0 Å². The van der Waals surface area contributed by atoms with Crippen LogP contribution in [0.2, 0.25) is 0 Å². The first-order valence-electron chi connectivity index (χ1n) is 8.88. The number of hydrogen-bond acceptors (Lipinski definition) is 3. The highest BCUT2D eigenvalue weighted by atomic mass is 16.3. The van der Waals surface area contributed by atoms with E-state index in [2.05, 4.69) is 41.0 Å². The summed E-state index contributed by atoms with van der Waals surface area (Å²) in [6.07, 6.45) is 5.13. The molecule has 1 aliphatic heterocycles. The number of likely N-dealkylation sites (N-methyl/N-ethyl adjacent to an activating group) is 1. The van der Waals surface area contributed by atoms with Gasteiger partial charge in [0.05, 0.1) is 5.60 Å². The predicted molar refractivity (Wildman–Crippen MR) is 101 cm³/mol. The van der Waals surface area contributed by atoms with E-state index in [1.165, 1.54) is 33.3 Å². The molecule has 0 fully saturated rings. The van der Waals surface area contributed by atoms with Gasteiger partial charge in [0.1, 0.15) is 0 Å². The van der Waals surface area contributed by atoms with Crippen LogP contribution in [0.5, 0.6) is 0 Å². The third-order valence-corrected chi connectivity index (χ3v) is 5.32. The minimum atomic E-state index is -0.947. The molecule has 0 spiro atoms. The number of aliphatic hydroxyl groups is 1. The number of hydrogen-bond donors (Lipinski definition) is 2. The van der Waals surface area contributed by atoms with Gasteiger partial charge in [-0.05, 0) is 50.6 Å². The molecule has 1 unspecified atom stereocenters. The van der Waals surface area contributed by atoms with E-state index in [9.17, 15) is 5.11 Å². The van der Waals surface area contributed by atoms with E-state index >= 15 is 0 Å². The Bertz CT molecular complexity index is 912. The molecule has 4 heteroatoms. The van der Waals surface area contributed by atoms with Crippen LogP contribution in [0.3, 0.4) is 0 Å². The Morgan fingerprint density at radius 3 is 2.96 bits per heavy atom. The number of rotatable bonds is 3. The Kier molecular flexibility index (Phi) is 3.89. The zero-order chi connectivity index (χ0) is 17.6. The number of nitrogens with zero attached hydrogens (tertiary/aromatic N) is 2. The van der Waals surface area contributed by atoms with Crippen molar-refractivity contribution in [2.45, 2.75) is 38.8 Å². The minimum Gasteiger partial charge on any atom is -0.385 e. The largest absolute Gasteiger partial charge is 0.385 e. The molecule has 4 rings (SSSR count). The van der Waals surface area contributed by atoms with Crippen molar-refractivity contribution >= 4 is 10.9 Å². The number of nitrogens with one attached hydrogen (secondary N) is 1. The number of benzene rings is 1. The molecule has 0 bridgehead atoms. The highest BCUT2D eigenvalue weighted by molar-refractivity contribution is 5.88. The van der Waals surface area contributed by atoms with Crippen molar-refractivity contribution in [3.05, 3.63) is 64.6 Å². The molecule has 0 saturated carbocycles. The van der Waals surface area contributed by atoms with Gasteiger partial charge in [-0.3, -0.25) is 4.98 Å². The summed E-state index contributed by atoms with van der Waals surface area (Å²) in [7, 11) is 2.16. The number of aromatic nitrogens is 2. The molecule has 1 aromatic carbocycles. The van der Waals surface area contributed by atoms with Crippen molar-refractivity contribution in [1.82, 2.24) is 14.9 Å². The molecule has 130 valence electrons. The topological polar surface area (TPSA) is 52.2 Å². The zero-order valence-electron chi connectivity index (χ0n) is 15.1. The Balaban J connectivity index is 1.80. The lowest BCUT2D eigenvalue weighted by Gasteiger charge is -2.24. The van der Waals surface area contributed by atoms with Gasteiger partial charge in [0, 0.05) is 54.1 Å². The van der Waals surface area contributed by atoms with E-state index in [-0.39, 0.29) is 0 Å². The highest BCUT2D eigenvalue weighted by Crippen LogP contribution is 2.33. The summed E-state index contributed by atoms with van der Waals surface area (Å²) in [5, 5.41) is 12.4. The Hall–Kier alpha value is -2.17. The van der Waals surface area contributed by atoms with Gasteiger partial charge in [-0.25, -0.2) is 0 Å². The number of pyridine rings is 1. The van der Waals surface area contributed by atoms with Crippen molar-refractivity contribution < 1.29 is 5.11 Å². The number of H-pyrrole nitrogens is 1. The first kappa shape index (κ1) is 16.3. The molecule has 1 aliphatic rings. The summed E-state index contributed by atoms with van der Waals surface area (Å²) in [6, 6.07) is 8.28. The smallest absolute Gasteiger partial charge is 0.0924 e. The van der Waals surface area contributed by atoms with E-state index in [4.69, 9.17) is 0 Å². The lowest BCUT2D eigenvalue weighted by atomic mass is 9.88. The molecular weight excluding hydrogens is 310 g/mol. The lowest BCUT2D eigenvalue weighted by molar-refractivity contribution is 0.0575. The number of aromatic amines is 1. The molecule has 3 heterocycles. The normalized spacial score (nSPS) is 17.4. The molecule has 0 amide bonds. The summed E-state index contributed by atoms with van der Waals surface area (Å²) in [5.74, 6) is 0. The fraction of sp³-hybridized carbons (Fsp3) is 0.381. The Morgan fingerprint density at radius 1 is 1.36 bits per heavy atom. The summed E-state index contributed by atoms with van der Waals surface area (Å²) >= 11 is 0. The second-order valence-corrected chi connectivity index (χ2v) is 7.61. The maximum atomic E-state index is 11.1. The van der Waals surface area contributed by atoms with Crippen LogP contribution in [0, 0.1) is 6.92 Å². The highest BCUT2D eigenvalue weighted by Gasteiger charge is 2.27. The summed E-state index contributed by atoms with van der Waals surface area (Å²) in [4.78, 5) is 10.2. The van der Waals surface area contributed by atoms with Gasteiger partial charge in [-0.15, -0.1) is 0 Å². The van der Waals surface area contributed by atoms with Crippen LogP contribution >= 0.6 is 0 Å². The number of fused-ring (bicyclic) bond motifs is 3. The molecular formula is C21H25N3O. The van der Waals surface area contributed by atoms with Crippen molar-refractivity contribution in [2.24, 2.45) is 0 Å². The minimum absolute atomic E-state index is 0.562. The van der Waals surface area contributed by atoms with Crippen LogP contribution in [0.25, 0.3) is 10.9 Å². The molecule has 2 aromatic heterocycles. The molecule has 25 heavy (non-hydrogen) atoms. The maximum absolute atomic E-state index is 11.1. The fourth-order valence-electron chi connectivity index (χ4n) is 4.00. The average Bonchev–Trinajstić information content (AvgIpc) is 2.93. The molecule has 2 N–H and O–H groups in total. The van der Waals surface area contributed by atoms with Crippen molar-refractivity contribution in [3.8, 4) is 0 Å². The molecule has 3 aromatic rings. The molecule has 0 aliphatic carbocycles. The Morgan fingerprint density at radius 2 is 2.20 bits per heavy atom. The van der Waals surface area contributed by atoms with E-state index in [1.807, 2.05) is 19.1 Å². The third-order valence-electron chi connectivity index (χ3n) is 5.32. The van der Waals surface area contributed by atoms with Crippen LogP contribution in [0.15, 0.2) is 36.7 Å². The van der Waals surface area contributed by atoms with Gasteiger partial charge < -0.3 is 15.0 Å². The monoisotopic (exact) mass is 335 g/mol. The van der Waals surface area contributed by atoms with Gasteiger partial charge >= 0.3 is 0 Å². The number of aryl methyl sites for hydroxylation is 1. The first-order chi connectivity index (χ1) is 11.9. The van der Waals surface area contributed by atoms with E-state index in [1.54, 1.807) is 12.4 Å². The Labute approximate surface area is 148 Å². The van der Waals surface area contributed by atoms with Gasteiger partial charge in [0.15, 0.2) is 0 Å². The third kappa shape index (κ3) is 2.96. The SMILES string of the molecule is Cc1cc(CC(C)(O)c2cccnc2)c2[nH]c3c(c2c1)CCN(C)C3. The standard InChI is InChI=1S/C21H25N3O/c1-14-9-15(11-21(2,25)16-5-4-7-22-12-16)20-18(10-14)17-6-8-24(3)13-19(17)23-20/h4-5,7,9-10,12,23,25H,6,8,11,13H2,1-3H3. The van der Waals surface area contributed by atoms with Gasteiger partial charge in [-0.1, -0.05) is 17.7 Å². The van der Waals surface area contributed by atoms with E-state index < -0.39 is 5.60 Å². The van der Waals surface area contributed by atoms with Gasteiger partial charge in [-0.2, -0.15) is 0 Å². The van der Waals surface area contributed by atoms with Crippen molar-refractivity contribution in [3.63, 3.8) is 0 Å². The van der Waals surface area contributed by atoms with Crippen LogP contribution in [-0.2, 0) is 25.0 Å². The molecule has 4 nitrogen and oxygen atoms in total. The van der Waals surface area contributed by atoms with Crippen LogP contribution in [0.1, 0.15) is 34.9 Å². The quantitative estimate of drug-likeness (QED) is 0.772. The molecule has 0 saturated heterocycles. The maximum Gasteiger partial charge on any atom is 0.0924 e. The summed E-state index contributed by atoms with van der Waals surface area (Å²) in [6.45, 7) is 6.06. The van der Waals surface area contributed by atoms with Crippen LogP contribution in [-0.4, -0.2) is 33.6 Å². The average molecular weight is 335 g/mol. The fourth-order valence-corrected chi connectivity index (χ4v) is 4.00. The first-order valence-corrected chi connectivity index (χ1v) is 8.88. The van der Waals surface area contributed by atoms with Crippen molar-refractivity contribution in [2.75, 3.05) is 13.6 Å². The summed E-state index contributed by atoms with van der Waals surface area (Å²) in [5.41, 5.74) is 6.25. The second kappa shape index (κ2) is 5.97. The predicted octanol–water partition coefficient (Wildman–Crippen LogP) is 3.31. The zero-order valence-corrected chi connectivity index (χ0v) is 15.1. The van der Waals surface area contributed by atoms with Crippen molar-refractivity contribution in [1.29, 1.82) is 0 Å². The van der Waals surface area contributed by atoms with Gasteiger partial charge in [0.2, 0.25) is 0 Å².